The van der Waals surface area contributed by atoms with Crippen molar-refractivity contribution < 1.29 is 4.42 Å². The van der Waals surface area contributed by atoms with Crippen molar-refractivity contribution in [3.63, 3.8) is 0 Å². The quantitative estimate of drug-likeness (QED) is 0.732. The number of alkyl halides is 1. The zero-order chi connectivity index (χ0) is 11.5. The van der Waals surface area contributed by atoms with Crippen molar-refractivity contribution in [2.24, 2.45) is 0 Å². The number of rotatable bonds is 3. The summed E-state index contributed by atoms with van der Waals surface area (Å²) in [5.41, 5.74) is 2.15. The predicted molar refractivity (Wildman–Crippen MR) is 69.9 cm³/mol. The zero-order valence-electron chi connectivity index (χ0n) is 8.91. The van der Waals surface area contributed by atoms with Gasteiger partial charge in [0, 0.05) is 16.5 Å². The van der Waals surface area contributed by atoms with E-state index < -0.39 is 0 Å². The molecule has 0 aliphatic rings. The van der Waals surface area contributed by atoms with E-state index in [0.717, 1.165) is 27.8 Å². The van der Waals surface area contributed by atoms with Crippen molar-refractivity contribution in [2.75, 3.05) is 0 Å². The first-order chi connectivity index (χ1) is 7.72. The summed E-state index contributed by atoms with van der Waals surface area (Å²) >= 11 is 9.84. The zero-order valence-corrected chi connectivity index (χ0v) is 11.3. The maximum Gasteiger partial charge on any atom is 0.108 e. The van der Waals surface area contributed by atoms with Crippen LogP contribution in [0.1, 0.15) is 29.2 Å². The van der Waals surface area contributed by atoms with Gasteiger partial charge in [0.25, 0.3) is 0 Å². The van der Waals surface area contributed by atoms with E-state index in [2.05, 4.69) is 22.9 Å². The molecule has 0 radical (unpaired) electrons. The molecule has 2 aromatic rings. The van der Waals surface area contributed by atoms with E-state index in [1.807, 2.05) is 30.3 Å². The van der Waals surface area contributed by atoms with Gasteiger partial charge in [-0.3, -0.25) is 0 Å². The first-order valence-electron chi connectivity index (χ1n) is 5.18. The van der Waals surface area contributed by atoms with Gasteiger partial charge in [-0.25, -0.2) is 0 Å². The smallest absolute Gasteiger partial charge is 0.108 e. The summed E-state index contributed by atoms with van der Waals surface area (Å²) < 4.78 is 6.44. The molecule has 1 heterocycles. The molecular formula is C13H12BrClO. The van der Waals surface area contributed by atoms with Gasteiger partial charge in [0.1, 0.15) is 5.76 Å². The van der Waals surface area contributed by atoms with Crippen molar-refractivity contribution in [3.05, 3.63) is 58.0 Å². The van der Waals surface area contributed by atoms with E-state index in [0.29, 0.717) is 0 Å². The van der Waals surface area contributed by atoms with E-state index in [9.17, 15) is 0 Å². The fourth-order valence-electron chi connectivity index (χ4n) is 1.68. The Morgan fingerprint density at radius 1 is 1.25 bits per heavy atom. The van der Waals surface area contributed by atoms with Gasteiger partial charge in [-0.2, -0.15) is 0 Å². The normalized spacial score (nSPS) is 12.7. The largest absolute Gasteiger partial charge is 0.469 e. The van der Waals surface area contributed by atoms with Gasteiger partial charge in [0.05, 0.1) is 11.6 Å². The number of halogens is 2. The molecule has 0 N–H and O–H groups in total. The SMILES string of the molecule is CCc1occc1C(Cl)c1ccc(Br)cc1. The number of hydrogen-bond donors (Lipinski definition) is 0. The van der Waals surface area contributed by atoms with Crippen LogP contribution in [-0.2, 0) is 6.42 Å². The van der Waals surface area contributed by atoms with Gasteiger partial charge in [-0.1, -0.05) is 35.0 Å². The molecule has 1 aromatic carbocycles. The summed E-state index contributed by atoms with van der Waals surface area (Å²) in [4.78, 5) is 0. The molecule has 1 atom stereocenters. The summed E-state index contributed by atoms with van der Waals surface area (Å²) in [6, 6.07) is 9.98. The Morgan fingerprint density at radius 2 is 1.94 bits per heavy atom. The van der Waals surface area contributed by atoms with Crippen LogP contribution < -0.4 is 0 Å². The van der Waals surface area contributed by atoms with Crippen LogP contribution in [0.4, 0.5) is 0 Å². The Morgan fingerprint density at radius 3 is 2.56 bits per heavy atom. The van der Waals surface area contributed by atoms with Crippen molar-refractivity contribution >= 4 is 27.5 Å². The summed E-state index contributed by atoms with van der Waals surface area (Å²) in [5.74, 6) is 0.961. The second-order valence-electron chi connectivity index (χ2n) is 3.57. The molecule has 0 spiro atoms. The molecule has 84 valence electrons. The predicted octanol–water partition coefficient (Wildman–Crippen LogP) is 4.93. The Labute approximate surface area is 109 Å². The maximum absolute atomic E-state index is 6.43. The highest BCUT2D eigenvalue weighted by atomic mass is 79.9. The van der Waals surface area contributed by atoms with Crippen molar-refractivity contribution in [1.82, 2.24) is 0 Å². The number of benzene rings is 1. The van der Waals surface area contributed by atoms with Gasteiger partial charge in [-0.15, -0.1) is 11.6 Å². The molecule has 0 bridgehead atoms. The van der Waals surface area contributed by atoms with E-state index in [4.69, 9.17) is 16.0 Å². The summed E-state index contributed by atoms with van der Waals surface area (Å²) in [6.07, 6.45) is 2.56. The van der Waals surface area contributed by atoms with Crippen LogP contribution in [0.25, 0.3) is 0 Å². The lowest BCUT2D eigenvalue weighted by Crippen LogP contribution is -1.94. The fraction of sp³-hybridized carbons (Fsp3) is 0.231. The fourth-order valence-corrected chi connectivity index (χ4v) is 2.28. The average Bonchev–Trinajstić information content (AvgIpc) is 2.77. The van der Waals surface area contributed by atoms with Crippen LogP contribution in [0.5, 0.6) is 0 Å². The lowest BCUT2D eigenvalue weighted by molar-refractivity contribution is 0.512. The highest BCUT2D eigenvalue weighted by molar-refractivity contribution is 9.10. The molecule has 1 aromatic heterocycles. The number of hydrogen-bond acceptors (Lipinski definition) is 1. The molecule has 0 aliphatic carbocycles. The third kappa shape index (κ3) is 2.33. The lowest BCUT2D eigenvalue weighted by atomic mass is 10.0. The first-order valence-corrected chi connectivity index (χ1v) is 6.41. The number of furan rings is 1. The van der Waals surface area contributed by atoms with Crippen LogP contribution in [0.15, 0.2) is 45.5 Å². The van der Waals surface area contributed by atoms with Crippen molar-refractivity contribution in [1.29, 1.82) is 0 Å². The molecule has 16 heavy (non-hydrogen) atoms. The summed E-state index contributed by atoms with van der Waals surface area (Å²) in [5, 5.41) is -0.137. The lowest BCUT2D eigenvalue weighted by Gasteiger charge is -2.09. The van der Waals surface area contributed by atoms with Crippen LogP contribution >= 0.6 is 27.5 Å². The minimum absolute atomic E-state index is 0.137. The van der Waals surface area contributed by atoms with Crippen LogP contribution in [-0.4, -0.2) is 0 Å². The molecule has 0 saturated carbocycles. The Balaban J connectivity index is 2.31. The first kappa shape index (κ1) is 11.7. The van der Waals surface area contributed by atoms with Gasteiger partial charge >= 0.3 is 0 Å². The second-order valence-corrected chi connectivity index (χ2v) is 4.92. The van der Waals surface area contributed by atoms with Gasteiger partial charge in [0.15, 0.2) is 0 Å². The Hall–Kier alpha value is -0.730. The van der Waals surface area contributed by atoms with E-state index in [1.165, 1.54) is 0 Å². The van der Waals surface area contributed by atoms with E-state index >= 15 is 0 Å². The van der Waals surface area contributed by atoms with Gasteiger partial charge in [-0.05, 0) is 23.8 Å². The standard InChI is InChI=1S/C13H12BrClO/c1-2-12-11(7-8-16-12)13(15)9-3-5-10(14)6-4-9/h3-8,13H,2H2,1H3. The van der Waals surface area contributed by atoms with Gasteiger partial charge in [0.2, 0.25) is 0 Å². The summed E-state index contributed by atoms with van der Waals surface area (Å²) in [6.45, 7) is 2.06. The molecule has 3 heteroatoms. The minimum atomic E-state index is -0.137. The third-order valence-electron chi connectivity index (χ3n) is 2.54. The Bertz CT molecular complexity index is 461. The highest BCUT2D eigenvalue weighted by Gasteiger charge is 2.16. The van der Waals surface area contributed by atoms with Crippen LogP contribution in [0, 0.1) is 0 Å². The topological polar surface area (TPSA) is 13.1 Å². The average molecular weight is 300 g/mol. The second kappa shape index (κ2) is 5.07. The third-order valence-corrected chi connectivity index (χ3v) is 3.55. The Kier molecular flexibility index (Phi) is 3.72. The molecule has 0 saturated heterocycles. The highest BCUT2D eigenvalue weighted by Crippen LogP contribution is 2.32. The van der Waals surface area contributed by atoms with Crippen molar-refractivity contribution in [2.45, 2.75) is 18.7 Å². The molecule has 2 rings (SSSR count). The number of aryl methyl sites for hydroxylation is 1. The molecular weight excluding hydrogens is 287 g/mol. The van der Waals surface area contributed by atoms with Crippen molar-refractivity contribution in [3.8, 4) is 0 Å². The maximum atomic E-state index is 6.43. The monoisotopic (exact) mass is 298 g/mol. The van der Waals surface area contributed by atoms with Gasteiger partial charge < -0.3 is 4.42 Å². The van der Waals surface area contributed by atoms with Crippen LogP contribution in [0.2, 0.25) is 0 Å². The van der Waals surface area contributed by atoms with Crippen LogP contribution in [0.3, 0.4) is 0 Å². The van der Waals surface area contributed by atoms with E-state index in [1.54, 1.807) is 6.26 Å². The minimum Gasteiger partial charge on any atom is -0.469 e. The van der Waals surface area contributed by atoms with E-state index in [-0.39, 0.29) is 5.38 Å². The molecule has 0 amide bonds. The molecule has 0 fully saturated rings. The summed E-state index contributed by atoms with van der Waals surface area (Å²) in [7, 11) is 0. The molecule has 0 aliphatic heterocycles. The molecule has 1 nitrogen and oxygen atoms in total. The molecule has 1 unspecified atom stereocenters.